The minimum Gasteiger partial charge on any atom is -0.276 e. The number of nitrogens with one attached hydrogen (secondary N) is 1. The molecule has 5 nitrogen and oxygen atoms in total. The molecule has 2 rings (SSSR count). The van der Waals surface area contributed by atoms with Gasteiger partial charge in [0.15, 0.2) is 0 Å². The average Bonchev–Trinajstić information content (AvgIpc) is 2.82. The van der Waals surface area contributed by atoms with Crippen LogP contribution in [0.5, 0.6) is 0 Å². The molecule has 1 heterocycles. The Balaban J connectivity index is 2.25. The van der Waals surface area contributed by atoms with Crippen molar-refractivity contribution in [3.8, 4) is 12.1 Å². The molecule has 0 aliphatic heterocycles. The number of benzene rings is 1. The lowest BCUT2D eigenvalue weighted by atomic mass is 10.3. The minimum absolute atomic E-state index is 0.198. The van der Waals surface area contributed by atoms with Crippen molar-refractivity contribution < 1.29 is 0 Å². The molecule has 1 aromatic heterocycles. The van der Waals surface area contributed by atoms with Gasteiger partial charge in [-0.05, 0) is 31.0 Å². The van der Waals surface area contributed by atoms with E-state index in [4.69, 9.17) is 10.5 Å². The summed E-state index contributed by atoms with van der Waals surface area (Å²) in [6, 6.07) is 9.04. The first kappa shape index (κ1) is 13.0. The van der Waals surface area contributed by atoms with Crippen LogP contribution in [0.4, 0.5) is 5.69 Å². The predicted octanol–water partition coefficient (Wildman–Crippen LogP) is 3.06. The summed E-state index contributed by atoms with van der Waals surface area (Å²) in [5, 5.41) is 22.0. The molecule has 0 fully saturated rings. The third-order valence-corrected chi connectivity index (χ3v) is 3.48. The number of rotatable bonds is 4. The van der Waals surface area contributed by atoms with Gasteiger partial charge in [0.2, 0.25) is 5.71 Å². The van der Waals surface area contributed by atoms with Crippen molar-refractivity contribution in [2.45, 2.75) is 19.8 Å². The lowest BCUT2D eigenvalue weighted by Gasteiger charge is -1.98. The molecule has 19 heavy (non-hydrogen) atoms. The zero-order chi connectivity index (χ0) is 13.7. The van der Waals surface area contributed by atoms with Crippen molar-refractivity contribution in [3.63, 3.8) is 0 Å². The molecule has 0 radical (unpaired) electrons. The lowest BCUT2D eigenvalue weighted by Crippen LogP contribution is -1.95. The number of aryl methyl sites for hydroxylation is 1. The highest BCUT2D eigenvalue weighted by Crippen LogP contribution is 2.26. The first-order valence-electron chi connectivity index (χ1n) is 5.80. The van der Waals surface area contributed by atoms with Crippen LogP contribution >= 0.6 is 11.3 Å². The molecular formula is C13H11N5S. The largest absolute Gasteiger partial charge is 0.276 e. The van der Waals surface area contributed by atoms with Crippen LogP contribution in [0.1, 0.15) is 18.4 Å². The summed E-state index contributed by atoms with van der Waals surface area (Å²) < 4.78 is 1.07. The molecule has 0 saturated carbocycles. The van der Waals surface area contributed by atoms with E-state index < -0.39 is 0 Å². The van der Waals surface area contributed by atoms with Gasteiger partial charge < -0.3 is 0 Å². The molecule has 0 unspecified atom stereocenters. The van der Waals surface area contributed by atoms with Gasteiger partial charge in [-0.15, -0.1) is 11.3 Å². The maximum absolute atomic E-state index is 8.59. The van der Waals surface area contributed by atoms with Crippen LogP contribution < -0.4 is 5.43 Å². The Morgan fingerprint density at radius 2 is 2.21 bits per heavy atom. The van der Waals surface area contributed by atoms with Crippen LogP contribution in [0.15, 0.2) is 23.3 Å². The summed E-state index contributed by atoms with van der Waals surface area (Å²) in [6.07, 6.45) is 2.05. The third-order valence-electron chi connectivity index (χ3n) is 2.41. The molecule has 1 N–H and O–H groups in total. The molecule has 94 valence electrons. The molecule has 0 amide bonds. The Morgan fingerprint density at radius 3 is 2.89 bits per heavy atom. The van der Waals surface area contributed by atoms with Crippen LogP contribution in [-0.4, -0.2) is 10.7 Å². The van der Waals surface area contributed by atoms with Gasteiger partial charge >= 0.3 is 0 Å². The van der Waals surface area contributed by atoms with Crippen LogP contribution in [0, 0.1) is 22.7 Å². The highest BCUT2D eigenvalue weighted by molar-refractivity contribution is 7.18. The molecule has 0 aliphatic carbocycles. The van der Waals surface area contributed by atoms with E-state index in [0.29, 0.717) is 0 Å². The Morgan fingerprint density at radius 1 is 1.42 bits per heavy atom. The van der Waals surface area contributed by atoms with Crippen molar-refractivity contribution in [3.05, 3.63) is 23.2 Å². The van der Waals surface area contributed by atoms with Crippen molar-refractivity contribution in [2.24, 2.45) is 5.10 Å². The fourth-order valence-electron chi connectivity index (χ4n) is 1.56. The molecule has 0 saturated heterocycles. The molecule has 0 bridgehead atoms. The monoisotopic (exact) mass is 269 g/mol. The molecule has 0 spiro atoms. The predicted molar refractivity (Wildman–Crippen MR) is 75.9 cm³/mol. The topological polar surface area (TPSA) is 84.9 Å². The quantitative estimate of drug-likeness (QED) is 0.682. The number of nitrogens with zero attached hydrogens (tertiary/aromatic N) is 4. The summed E-state index contributed by atoms with van der Waals surface area (Å²) >= 11 is 1.65. The van der Waals surface area contributed by atoms with Gasteiger partial charge in [-0.2, -0.15) is 15.6 Å². The first-order chi connectivity index (χ1) is 9.26. The van der Waals surface area contributed by atoms with Gasteiger partial charge in [0.25, 0.3) is 0 Å². The number of hydrogen-bond donors (Lipinski definition) is 1. The van der Waals surface area contributed by atoms with Gasteiger partial charge in [0.1, 0.15) is 12.1 Å². The minimum atomic E-state index is -0.198. The number of aromatic nitrogens is 1. The molecule has 0 atom stereocenters. The third kappa shape index (κ3) is 3.06. The zero-order valence-corrected chi connectivity index (χ0v) is 11.2. The standard InChI is InChI=1S/C13H11N5S/c1-2-3-13-16-11-5-4-9(6-12(11)19-13)17-18-10(7-14)8-15/h4-6,17H,2-3H2,1H3. The second kappa shape index (κ2) is 5.94. The van der Waals surface area contributed by atoms with Gasteiger partial charge in [0, 0.05) is 0 Å². The summed E-state index contributed by atoms with van der Waals surface area (Å²) in [7, 11) is 0. The van der Waals surface area contributed by atoms with E-state index in [1.165, 1.54) is 0 Å². The fourth-order valence-corrected chi connectivity index (χ4v) is 2.67. The van der Waals surface area contributed by atoms with E-state index >= 15 is 0 Å². The number of anilines is 1. The van der Waals surface area contributed by atoms with Gasteiger partial charge in [-0.3, -0.25) is 5.43 Å². The van der Waals surface area contributed by atoms with Crippen LogP contribution in [-0.2, 0) is 6.42 Å². The zero-order valence-electron chi connectivity index (χ0n) is 10.3. The van der Waals surface area contributed by atoms with Gasteiger partial charge in [-0.25, -0.2) is 4.98 Å². The molecule has 2 aromatic rings. The van der Waals surface area contributed by atoms with Crippen molar-refractivity contribution in [1.82, 2.24) is 4.98 Å². The van der Waals surface area contributed by atoms with Gasteiger partial charge in [0.05, 0.1) is 20.9 Å². The van der Waals surface area contributed by atoms with E-state index in [1.54, 1.807) is 23.5 Å². The van der Waals surface area contributed by atoms with Gasteiger partial charge in [-0.1, -0.05) is 6.92 Å². The average molecular weight is 269 g/mol. The highest BCUT2D eigenvalue weighted by Gasteiger charge is 2.04. The Labute approximate surface area is 114 Å². The van der Waals surface area contributed by atoms with Crippen molar-refractivity contribution in [2.75, 3.05) is 5.43 Å². The van der Waals surface area contributed by atoms with E-state index in [9.17, 15) is 0 Å². The summed E-state index contributed by atoms with van der Waals surface area (Å²) in [5.74, 6) is 0. The number of fused-ring (bicyclic) bond motifs is 1. The van der Waals surface area contributed by atoms with Crippen LogP contribution in [0.2, 0.25) is 0 Å². The number of nitriles is 2. The van der Waals surface area contributed by atoms with Crippen LogP contribution in [0.25, 0.3) is 10.2 Å². The fraction of sp³-hybridized carbons (Fsp3) is 0.231. The van der Waals surface area contributed by atoms with Crippen LogP contribution in [0.3, 0.4) is 0 Å². The number of hydrazone groups is 1. The number of thiazole rings is 1. The van der Waals surface area contributed by atoms with E-state index in [0.717, 1.165) is 33.8 Å². The van der Waals surface area contributed by atoms with E-state index in [2.05, 4.69) is 22.4 Å². The van der Waals surface area contributed by atoms with E-state index in [-0.39, 0.29) is 5.71 Å². The molecule has 0 aliphatic rings. The number of hydrogen-bond acceptors (Lipinski definition) is 6. The molecule has 6 heteroatoms. The normalized spacial score (nSPS) is 9.63. The Hall–Kier alpha value is -2.44. The van der Waals surface area contributed by atoms with E-state index in [1.807, 2.05) is 18.2 Å². The second-order valence-electron chi connectivity index (χ2n) is 3.84. The molecular weight excluding hydrogens is 258 g/mol. The SMILES string of the molecule is CCCc1nc2ccc(NN=C(C#N)C#N)cc2s1. The maximum Gasteiger partial charge on any atom is 0.237 e. The summed E-state index contributed by atoms with van der Waals surface area (Å²) in [5.41, 5.74) is 4.20. The summed E-state index contributed by atoms with van der Waals surface area (Å²) in [6.45, 7) is 2.12. The second-order valence-corrected chi connectivity index (χ2v) is 4.95. The lowest BCUT2D eigenvalue weighted by molar-refractivity contribution is 0.913. The Kier molecular flexibility index (Phi) is 4.07. The maximum atomic E-state index is 8.59. The molecule has 1 aromatic carbocycles. The summed E-state index contributed by atoms with van der Waals surface area (Å²) in [4.78, 5) is 4.52. The van der Waals surface area contributed by atoms with Crippen molar-refractivity contribution >= 4 is 33.0 Å². The smallest absolute Gasteiger partial charge is 0.237 e. The van der Waals surface area contributed by atoms with Crippen molar-refractivity contribution in [1.29, 1.82) is 10.5 Å². The highest BCUT2D eigenvalue weighted by atomic mass is 32.1. The first-order valence-corrected chi connectivity index (χ1v) is 6.62. The Bertz CT molecular complexity index is 686.